The number of benzene rings is 1. The minimum Gasteiger partial charge on any atom is -0.481 e. The number of aliphatic hydroxyl groups excluding tert-OH is 1. The second kappa shape index (κ2) is 6.49. The van der Waals surface area contributed by atoms with E-state index in [1.165, 1.54) is 4.90 Å². The van der Waals surface area contributed by atoms with Crippen molar-refractivity contribution >= 4 is 11.9 Å². The van der Waals surface area contributed by atoms with Gasteiger partial charge in [0.1, 0.15) is 0 Å². The van der Waals surface area contributed by atoms with Gasteiger partial charge in [0.15, 0.2) is 6.10 Å². The van der Waals surface area contributed by atoms with E-state index in [2.05, 4.69) is 0 Å². The molecule has 1 fully saturated rings. The summed E-state index contributed by atoms with van der Waals surface area (Å²) in [4.78, 5) is 24.3. The lowest BCUT2D eigenvalue weighted by Crippen LogP contribution is -2.47. The van der Waals surface area contributed by atoms with Crippen molar-refractivity contribution in [1.29, 1.82) is 0 Å². The van der Waals surface area contributed by atoms with Gasteiger partial charge in [0, 0.05) is 13.1 Å². The smallest absolute Gasteiger partial charge is 0.306 e. The van der Waals surface area contributed by atoms with Gasteiger partial charge in [-0.05, 0) is 5.56 Å². The molecular weight excluding hydrogens is 262 g/mol. The molecule has 2 rings (SSSR count). The molecule has 1 aromatic rings. The maximum absolute atomic E-state index is 12.2. The van der Waals surface area contributed by atoms with Crippen LogP contribution in [0, 0.1) is 0 Å². The fourth-order valence-electron chi connectivity index (χ4n) is 2.19. The lowest BCUT2D eigenvalue weighted by atomic mass is 10.1. The number of ether oxygens (including phenoxy) is 1. The highest BCUT2D eigenvalue weighted by Crippen LogP contribution is 2.18. The van der Waals surface area contributed by atoms with E-state index in [0.29, 0.717) is 12.1 Å². The molecule has 1 aromatic carbocycles. The molecular formula is C14H17NO5. The highest BCUT2D eigenvalue weighted by Gasteiger charge is 2.29. The van der Waals surface area contributed by atoms with Crippen LogP contribution < -0.4 is 0 Å². The van der Waals surface area contributed by atoms with Crippen LogP contribution in [-0.2, 0) is 14.3 Å². The minimum absolute atomic E-state index is 0.148. The fourth-order valence-corrected chi connectivity index (χ4v) is 2.19. The molecule has 0 radical (unpaired) electrons. The molecule has 6 heteroatoms. The fraction of sp³-hybridized carbons (Fsp3) is 0.429. The number of nitrogens with zero attached hydrogens (tertiary/aromatic N) is 1. The molecule has 6 nitrogen and oxygen atoms in total. The maximum Gasteiger partial charge on any atom is 0.306 e. The molecule has 2 N–H and O–H groups in total. The zero-order valence-electron chi connectivity index (χ0n) is 10.9. The highest BCUT2D eigenvalue weighted by atomic mass is 16.5. The van der Waals surface area contributed by atoms with Crippen molar-refractivity contribution in [2.75, 3.05) is 19.7 Å². The normalized spacial score (nSPS) is 20.4. The van der Waals surface area contributed by atoms with E-state index in [0.717, 1.165) is 0 Å². The van der Waals surface area contributed by atoms with E-state index < -0.39 is 24.1 Å². The van der Waals surface area contributed by atoms with Crippen molar-refractivity contribution in [2.24, 2.45) is 0 Å². The number of carboxylic acid groups (broad SMARTS) is 1. The van der Waals surface area contributed by atoms with Gasteiger partial charge >= 0.3 is 5.97 Å². The largest absolute Gasteiger partial charge is 0.481 e. The summed E-state index contributed by atoms with van der Waals surface area (Å²) in [6, 6.07) is 8.66. The second-order valence-electron chi connectivity index (χ2n) is 4.69. The van der Waals surface area contributed by atoms with Gasteiger partial charge in [0.2, 0.25) is 0 Å². The number of rotatable bonds is 4. The first kappa shape index (κ1) is 14.5. The van der Waals surface area contributed by atoms with Crippen LogP contribution in [0.4, 0.5) is 0 Å². The van der Waals surface area contributed by atoms with Crippen molar-refractivity contribution in [1.82, 2.24) is 4.90 Å². The molecule has 1 heterocycles. The number of amides is 1. The monoisotopic (exact) mass is 279 g/mol. The van der Waals surface area contributed by atoms with Crippen molar-refractivity contribution in [3.05, 3.63) is 35.9 Å². The molecule has 0 spiro atoms. The predicted molar refractivity (Wildman–Crippen MR) is 70.0 cm³/mol. The highest BCUT2D eigenvalue weighted by molar-refractivity contribution is 5.82. The summed E-state index contributed by atoms with van der Waals surface area (Å²) in [5.41, 5.74) is 0.527. The Hall–Kier alpha value is -1.92. The molecule has 0 aromatic heterocycles. The van der Waals surface area contributed by atoms with Crippen LogP contribution >= 0.6 is 0 Å². The summed E-state index contributed by atoms with van der Waals surface area (Å²) in [6.45, 7) is 0.832. The average molecular weight is 279 g/mol. The van der Waals surface area contributed by atoms with Crippen LogP contribution in [0.5, 0.6) is 0 Å². The number of hydrogen-bond donors (Lipinski definition) is 2. The molecule has 1 amide bonds. The number of hydrogen-bond acceptors (Lipinski definition) is 4. The third-order valence-corrected chi connectivity index (χ3v) is 3.20. The minimum atomic E-state index is -1.22. The zero-order valence-corrected chi connectivity index (χ0v) is 10.9. The molecule has 2 atom stereocenters. The van der Waals surface area contributed by atoms with Crippen LogP contribution in [0.1, 0.15) is 18.1 Å². The van der Waals surface area contributed by atoms with Crippen molar-refractivity contribution in [3.8, 4) is 0 Å². The Bertz CT molecular complexity index is 476. The molecule has 1 aliphatic heterocycles. The quantitative estimate of drug-likeness (QED) is 0.834. The van der Waals surface area contributed by atoms with Crippen LogP contribution in [0.2, 0.25) is 0 Å². The lowest BCUT2D eigenvalue weighted by Gasteiger charge is -2.33. The number of carbonyl (C=O) groups excluding carboxylic acids is 1. The van der Waals surface area contributed by atoms with Gasteiger partial charge < -0.3 is 19.8 Å². The third-order valence-electron chi connectivity index (χ3n) is 3.20. The van der Waals surface area contributed by atoms with E-state index in [1.807, 2.05) is 0 Å². The molecule has 1 aliphatic rings. The number of carboxylic acids is 1. The number of aliphatic carboxylic acids is 1. The van der Waals surface area contributed by atoms with Crippen LogP contribution in [0.3, 0.4) is 0 Å². The summed E-state index contributed by atoms with van der Waals surface area (Å²) < 4.78 is 5.30. The molecule has 20 heavy (non-hydrogen) atoms. The van der Waals surface area contributed by atoms with E-state index >= 15 is 0 Å². The molecule has 0 bridgehead atoms. The second-order valence-corrected chi connectivity index (χ2v) is 4.69. The zero-order chi connectivity index (χ0) is 14.5. The van der Waals surface area contributed by atoms with Gasteiger partial charge in [-0.1, -0.05) is 30.3 Å². The summed E-state index contributed by atoms with van der Waals surface area (Å²) in [7, 11) is 0. The molecule has 1 saturated heterocycles. The standard InChI is InChI=1S/C14H17NO5/c16-12(17)8-11-9-15(6-7-20-11)14(19)13(18)10-4-2-1-3-5-10/h1-5,11,13,18H,6-9H2,(H,16,17). The summed E-state index contributed by atoms with van der Waals surface area (Å²) in [5.74, 6) is -1.39. The van der Waals surface area contributed by atoms with Gasteiger partial charge in [-0.3, -0.25) is 9.59 Å². The summed E-state index contributed by atoms with van der Waals surface area (Å²) in [6.07, 6.45) is -1.89. The first-order valence-electron chi connectivity index (χ1n) is 6.43. The van der Waals surface area contributed by atoms with Crippen molar-refractivity contribution in [2.45, 2.75) is 18.6 Å². The van der Waals surface area contributed by atoms with Crippen LogP contribution in [0.15, 0.2) is 30.3 Å². The van der Waals surface area contributed by atoms with E-state index in [-0.39, 0.29) is 19.6 Å². The van der Waals surface area contributed by atoms with Gasteiger partial charge in [0.05, 0.1) is 19.1 Å². The van der Waals surface area contributed by atoms with E-state index in [1.54, 1.807) is 30.3 Å². The molecule has 108 valence electrons. The van der Waals surface area contributed by atoms with Crippen LogP contribution in [-0.4, -0.2) is 52.8 Å². The first-order valence-corrected chi connectivity index (χ1v) is 6.43. The predicted octanol–water partition coefficient (Wildman–Crippen LogP) is 0.422. The SMILES string of the molecule is O=C(O)CC1CN(C(=O)C(O)c2ccccc2)CCO1. The number of morpholine rings is 1. The van der Waals surface area contributed by atoms with Gasteiger partial charge in [-0.2, -0.15) is 0 Å². The summed E-state index contributed by atoms with van der Waals surface area (Å²) in [5, 5.41) is 18.8. The Kier molecular flexibility index (Phi) is 4.70. The lowest BCUT2D eigenvalue weighted by molar-refractivity contribution is -0.152. The average Bonchev–Trinajstić information content (AvgIpc) is 2.46. The first-order chi connectivity index (χ1) is 9.58. The molecule has 2 unspecified atom stereocenters. The van der Waals surface area contributed by atoms with Crippen molar-refractivity contribution in [3.63, 3.8) is 0 Å². The van der Waals surface area contributed by atoms with E-state index in [9.17, 15) is 14.7 Å². The molecule has 0 saturated carbocycles. The summed E-state index contributed by atoms with van der Waals surface area (Å²) >= 11 is 0. The van der Waals surface area contributed by atoms with Gasteiger partial charge in [0.25, 0.3) is 5.91 Å². The topological polar surface area (TPSA) is 87.1 Å². The van der Waals surface area contributed by atoms with E-state index in [4.69, 9.17) is 9.84 Å². The van der Waals surface area contributed by atoms with Crippen LogP contribution in [0.25, 0.3) is 0 Å². The Morgan fingerprint density at radius 2 is 2.05 bits per heavy atom. The Morgan fingerprint density at radius 3 is 2.70 bits per heavy atom. The Morgan fingerprint density at radius 1 is 1.35 bits per heavy atom. The Balaban J connectivity index is 1.99. The third kappa shape index (κ3) is 3.55. The van der Waals surface area contributed by atoms with Crippen molar-refractivity contribution < 1.29 is 24.5 Å². The Labute approximate surface area is 116 Å². The maximum atomic E-state index is 12.2. The molecule has 0 aliphatic carbocycles. The van der Waals surface area contributed by atoms with Gasteiger partial charge in [-0.15, -0.1) is 0 Å². The van der Waals surface area contributed by atoms with Gasteiger partial charge in [-0.25, -0.2) is 0 Å². The number of aliphatic hydroxyl groups is 1. The number of carbonyl (C=O) groups is 2.